The molecule has 0 amide bonds. The maximum absolute atomic E-state index is 11.8. The van der Waals surface area contributed by atoms with Crippen LogP contribution in [-0.2, 0) is 27.2 Å². The lowest BCUT2D eigenvalue weighted by molar-refractivity contribution is -0.0542. The minimum Gasteiger partial charge on any atom is -0.387 e. The first-order valence-corrected chi connectivity index (χ1v) is 10.7. The Morgan fingerprint density at radius 3 is 2.46 bits per heavy atom. The summed E-state index contributed by atoms with van der Waals surface area (Å²) in [5, 5.41) is 20.1. The molecule has 2 rings (SSSR count). The highest BCUT2D eigenvalue weighted by molar-refractivity contribution is 7.61. The van der Waals surface area contributed by atoms with E-state index in [1.54, 1.807) is 0 Å². The number of nitrogen functional groups attached to an aromatic ring is 1. The molecule has 0 saturated carbocycles. The third-order valence-electron chi connectivity index (χ3n) is 3.44. The first kappa shape index (κ1) is 23.1. The first-order chi connectivity index (χ1) is 13.0. The second kappa shape index (κ2) is 9.07. The van der Waals surface area contributed by atoms with Gasteiger partial charge in [-0.25, -0.2) is 13.9 Å². The predicted octanol–water partition coefficient (Wildman–Crippen LogP) is -2.35. The van der Waals surface area contributed by atoms with E-state index in [0.29, 0.717) is 0 Å². The number of nitrogens with two attached hydrogens (primary N) is 2. The number of phosphoric ester groups is 2. The Hall–Kier alpha value is -1.22. The summed E-state index contributed by atoms with van der Waals surface area (Å²) < 4.78 is 42.2. The van der Waals surface area contributed by atoms with Gasteiger partial charge in [-0.05, 0) is 6.07 Å². The van der Waals surface area contributed by atoms with E-state index < -0.39 is 59.1 Å². The third-order valence-corrected chi connectivity index (χ3v) is 6.08. The van der Waals surface area contributed by atoms with Gasteiger partial charge in [0.15, 0.2) is 6.23 Å². The number of aliphatic hydroxyl groups excluding tert-OH is 2. The van der Waals surface area contributed by atoms with E-state index in [9.17, 15) is 33.9 Å². The van der Waals surface area contributed by atoms with Gasteiger partial charge in [-0.1, -0.05) is 0 Å². The summed E-state index contributed by atoms with van der Waals surface area (Å²) in [6, 6.07) is 1.25. The lowest BCUT2D eigenvalue weighted by Gasteiger charge is -2.19. The summed E-state index contributed by atoms with van der Waals surface area (Å²) in [5.74, 6) is -0.0715. The van der Waals surface area contributed by atoms with Crippen molar-refractivity contribution in [3.05, 3.63) is 22.7 Å². The molecule has 0 aromatic carbocycles. The van der Waals surface area contributed by atoms with Gasteiger partial charge < -0.3 is 36.2 Å². The molecule has 1 fully saturated rings. The Morgan fingerprint density at radius 1 is 1.21 bits per heavy atom. The maximum Gasteiger partial charge on any atom is 0.481 e. The zero-order valence-electron chi connectivity index (χ0n) is 14.2. The molecule has 8 N–H and O–H groups in total. The molecule has 1 saturated heterocycles. The predicted molar refractivity (Wildman–Crippen MR) is 90.5 cm³/mol. The molecule has 1 aliphatic heterocycles. The van der Waals surface area contributed by atoms with Crippen molar-refractivity contribution in [2.75, 3.05) is 25.5 Å². The van der Waals surface area contributed by atoms with E-state index in [-0.39, 0.29) is 12.4 Å². The van der Waals surface area contributed by atoms with Crippen LogP contribution >= 0.6 is 15.6 Å². The van der Waals surface area contributed by atoms with Crippen molar-refractivity contribution in [2.45, 2.75) is 24.5 Å². The summed E-state index contributed by atoms with van der Waals surface area (Å²) in [5.41, 5.74) is 9.56. The van der Waals surface area contributed by atoms with E-state index in [4.69, 9.17) is 16.2 Å². The number of nitrogens with zero attached hydrogens (tertiary/aromatic N) is 2. The molecule has 0 radical (unpaired) electrons. The van der Waals surface area contributed by atoms with Crippen LogP contribution in [0.2, 0.25) is 0 Å². The summed E-state index contributed by atoms with van der Waals surface area (Å²) in [6.45, 7) is -1.40. The minimum atomic E-state index is -5.11. The molecule has 6 atom stereocenters. The van der Waals surface area contributed by atoms with Crippen molar-refractivity contribution in [2.24, 2.45) is 5.73 Å². The van der Waals surface area contributed by atoms with Crippen LogP contribution in [0.4, 0.5) is 5.82 Å². The molecule has 160 valence electrons. The molecule has 2 heterocycles. The van der Waals surface area contributed by atoms with Crippen molar-refractivity contribution in [3.63, 3.8) is 0 Å². The van der Waals surface area contributed by atoms with Crippen molar-refractivity contribution in [1.82, 2.24) is 9.55 Å². The van der Waals surface area contributed by atoms with Gasteiger partial charge in [0.2, 0.25) is 0 Å². The van der Waals surface area contributed by atoms with Crippen molar-refractivity contribution in [3.8, 4) is 0 Å². The van der Waals surface area contributed by atoms with Gasteiger partial charge in [-0.2, -0.15) is 9.29 Å². The van der Waals surface area contributed by atoms with Crippen LogP contribution in [0.25, 0.3) is 0 Å². The van der Waals surface area contributed by atoms with Gasteiger partial charge in [-0.15, -0.1) is 0 Å². The second-order valence-corrected chi connectivity index (χ2v) is 8.57. The molecule has 2 unspecified atom stereocenters. The van der Waals surface area contributed by atoms with Gasteiger partial charge in [0.05, 0.1) is 13.2 Å². The van der Waals surface area contributed by atoms with E-state index in [1.165, 1.54) is 12.3 Å². The highest BCUT2D eigenvalue weighted by Crippen LogP contribution is 2.60. The van der Waals surface area contributed by atoms with Gasteiger partial charge in [0.1, 0.15) is 24.1 Å². The van der Waals surface area contributed by atoms with Crippen LogP contribution in [0.5, 0.6) is 0 Å². The standard InChI is InChI=1S/C11H20N4O11P2/c12-2-4-23-27(19,20)26-28(21,22)24-5-6-8(16)9(17)10(25-6)15-3-1-7(13)14-11(15)18/h1,3,6,8-10,16-17H,2,4-5,12H2,(H,19,20)(H,21,22)(H2,13,14,18)/t6-,8+,9+,10-/m1/s1. The molecular formula is C11H20N4O11P2. The summed E-state index contributed by atoms with van der Waals surface area (Å²) in [4.78, 5) is 34.1. The molecular weight excluding hydrogens is 426 g/mol. The number of aliphatic hydroxyl groups is 2. The minimum absolute atomic E-state index is 0.0715. The first-order valence-electron chi connectivity index (χ1n) is 7.68. The number of hydrogen-bond donors (Lipinski definition) is 6. The van der Waals surface area contributed by atoms with Gasteiger partial charge in [0, 0.05) is 12.7 Å². The Labute approximate surface area is 157 Å². The fourth-order valence-corrected chi connectivity index (χ4v) is 4.32. The highest BCUT2D eigenvalue weighted by atomic mass is 31.3. The van der Waals surface area contributed by atoms with E-state index >= 15 is 0 Å². The molecule has 28 heavy (non-hydrogen) atoms. The number of ether oxygens (including phenoxy) is 1. The SMILES string of the molecule is NCCOP(=O)(O)OP(=O)(O)OC[C@H]1O[C@@H](n2ccc(N)nc2=O)[C@@H](O)[C@H]1O. The molecule has 0 aliphatic carbocycles. The third kappa shape index (κ3) is 5.89. The molecule has 1 aromatic rings. The zero-order chi connectivity index (χ0) is 21.1. The Balaban J connectivity index is 2.02. The van der Waals surface area contributed by atoms with E-state index in [1.807, 2.05) is 0 Å². The molecule has 1 aliphatic rings. The molecule has 0 spiro atoms. The molecule has 15 nitrogen and oxygen atoms in total. The zero-order valence-corrected chi connectivity index (χ0v) is 16.0. The smallest absolute Gasteiger partial charge is 0.387 e. The topological polar surface area (TPSA) is 239 Å². The summed E-state index contributed by atoms with van der Waals surface area (Å²) >= 11 is 0. The fourth-order valence-electron chi connectivity index (χ4n) is 2.23. The van der Waals surface area contributed by atoms with Crippen molar-refractivity contribution in [1.29, 1.82) is 0 Å². The van der Waals surface area contributed by atoms with Gasteiger partial charge >= 0.3 is 21.3 Å². The van der Waals surface area contributed by atoms with Crippen LogP contribution in [0.15, 0.2) is 17.1 Å². The lowest BCUT2D eigenvalue weighted by Crippen LogP contribution is -2.36. The fraction of sp³-hybridized carbons (Fsp3) is 0.636. The Morgan fingerprint density at radius 2 is 1.86 bits per heavy atom. The van der Waals surface area contributed by atoms with Crippen LogP contribution in [-0.4, -0.2) is 67.6 Å². The number of rotatable bonds is 9. The number of aromatic nitrogens is 2. The normalized spacial score (nSPS) is 29.3. The monoisotopic (exact) mass is 446 g/mol. The average Bonchev–Trinajstić information content (AvgIpc) is 2.86. The van der Waals surface area contributed by atoms with Crippen LogP contribution < -0.4 is 17.2 Å². The molecule has 0 bridgehead atoms. The van der Waals surface area contributed by atoms with Gasteiger partial charge in [0.25, 0.3) is 0 Å². The van der Waals surface area contributed by atoms with Crippen molar-refractivity contribution >= 4 is 21.5 Å². The van der Waals surface area contributed by atoms with Crippen LogP contribution in [0.1, 0.15) is 6.23 Å². The maximum atomic E-state index is 11.8. The van der Waals surface area contributed by atoms with Gasteiger partial charge in [-0.3, -0.25) is 13.6 Å². The van der Waals surface area contributed by atoms with Crippen LogP contribution in [0.3, 0.4) is 0 Å². The summed E-state index contributed by atoms with van der Waals surface area (Å²) in [7, 11) is -10.0. The second-order valence-electron chi connectivity index (χ2n) is 5.52. The quantitative estimate of drug-likeness (QED) is 0.218. The number of hydrogen-bond acceptors (Lipinski definition) is 12. The van der Waals surface area contributed by atoms with E-state index in [2.05, 4.69) is 18.3 Å². The highest BCUT2D eigenvalue weighted by Gasteiger charge is 2.46. The van der Waals surface area contributed by atoms with Crippen LogP contribution in [0, 0.1) is 0 Å². The average molecular weight is 446 g/mol. The Kier molecular flexibility index (Phi) is 7.47. The molecule has 1 aromatic heterocycles. The lowest BCUT2D eigenvalue weighted by atomic mass is 10.1. The summed E-state index contributed by atoms with van der Waals surface area (Å²) in [6.07, 6.45) is -4.86. The van der Waals surface area contributed by atoms with E-state index in [0.717, 1.165) is 4.57 Å². The molecule has 17 heteroatoms. The Bertz CT molecular complexity index is 835. The number of phosphoric acid groups is 2. The van der Waals surface area contributed by atoms with Crippen molar-refractivity contribution < 1.29 is 47.2 Å². The number of anilines is 1. The largest absolute Gasteiger partial charge is 0.481 e.